The van der Waals surface area contributed by atoms with E-state index in [0.29, 0.717) is 28.7 Å². The summed E-state index contributed by atoms with van der Waals surface area (Å²) in [5.41, 5.74) is 1.12. The van der Waals surface area contributed by atoms with Crippen molar-refractivity contribution in [3.63, 3.8) is 0 Å². The van der Waals surface area contributed by atoms with Gasteiger partial charge < -0.3 is 14.8 Å². The Balaban J connectivity index is 1.32. The first kappa shape index (κ1) is 19.8. The SMILES string of the molecule is O=C(NCC1CN(c2cccc(Cl)c2)C(=O)O1)c1ccnc(OC2CCSC2)c1. The zero-order chi connectivity index (χ0) is 20.2. The molecule has 3 heterocycles. The average molecular weight is 434 g/mol. The molecule has 0 bridgehead atoms. The van der Waals surface area contributed by atoms with E-state index in [1.807, 2.05) is 11.8 Å². The standard InChI is InChI=1S/C20H20ClN3O4S/c21-14-2-1-3-15(9-14)24-11-17(28-20(24)26)10-23-19(25)13-4-6-22-18(8-13)27-16-5-7-29-12-16/h1-4,6,8-9,16-17H,5,7,10-12H2,(H,23,25). The van der Waals surface area contributed by atoms with Gasteiger partial charge in [0.25, 0.3) is 5.91 Å². The molecule has 9 heteroatoms. The molecule has 2 amide bonds. The maximum Gasteiger partial charge on any atom is 0.414 e. The quantitative estimate of drug-likeness (QED) is 0.752. The minimum Gasteiger partial charge on any atom is -0.473 e. The van der Waals surface area contributed by atoms with E-state index in [0.717, 1.165) is 17.9 Å². The fourth-order valence-electron chi connectivity index (χ4n) is 3.18. The zero-order valence-corrected chi connectivity index (χ0v) is 17.1. The van der Waals surface area contributed by atoms with Crippen LogP contribution >= 0.6 is 23.4 Å². The second-order valence-electron chi connectivity index (χ2n) is 6.79. The molecule has 2 aromatic rings. The lowest BCUT2D eigenvalue weighted by Gasteiger charge is -2.14. The summed E-state index contributed by atoms with van der Waals surface area (Å²) in [6.45, 7) is 0.545. The molecule has 2 saturated heterocycles. The third-order valence-electron chi connectivity index (χ3n) is 4.66. The fraction of sp³-hybridized carbons (Fsp3) is 0.350. The van der Waals surface area contributed by atoms with Gasteiger partial charge in [-0.15, -0.1) is 0 Å². The predicted molar refractivity (Wildman–Crippen MR) is 112 cm³/mol. The van der Waals surface area contributed by atoms with Crippen LogP contribution < -0.4 is 15.0 Å². The van der Waals surface area contributed by atoms with Crippen molar-refractivity contribution in [2.75, 3.05) is 29.5 Å². The number of pyridine rings is 1. The number of anilines is 1. The van der Waals surface area contributed by atoms with Crippen LogP contribution in [0.15, 0.2) is 42.6 Å². The summed E-state index contributed by atoms with van der Waals surface area (Å²) >= 11 is 7.84. The highest BCUT2D eigenvalue weighted by molar-refractivity contribution is 7.99. The number of rotatable bonds is 6. The van der Waals surface area contributed by atoms with Crippen LogP contribution in [-0.4, -0.2) is 53.8 Å². The molecule has 0 aliphatic carbocycles. The molecule has 1 aromatic carbocycles. The predicted octanol–water partition coefficient (Wildman–Crippen LogP) is 3.37. The van der Waals surface area contributed by atoms with E-state index < -0.39 is 12.2 Å². The highest BCUT2D eigenvalue weighted by Gasteiger charge is 2.32. The van der Waals surface area contributed by atoms with E-state index in [1.54, 1.807) is 42.6 Å². The lowest BCUT2D eigenvalue weighted by atomic mass is 10.2. The molecule has 4 rings (SSSR count). The molecule has 2 fully saturated rings. The Morgan fingerprint density at radius 2 is 2.28 bits per heavy atom. The van der Waals surface area contributed by atoms with Gasteiger partial charge in [-0.2, -0.15) is 11.8 Å². The Kier molecular flexibility index (Phi) is 6.10. The highest BCUT2D eigenvalue weighted by atomic mass is 35.5. The van der Waals surface area contributed by atoms with Crippen LogP contribution in [-0.2, 0) is 4.74 Å². The third-order valence-corrected chi connectivity index (χ3v) is 6.02. The minimum atomic E-state index is -0.458. The Morgan fingerprint density at radius 3 is 3.07 bits per heavy atom. The van der Waals surface area contributed by atoms with Crippen LogP contribution in [0.5, 0.6) is 5.88 Å². The van der Waals surface area contributed by atoms with Gasteiger partial charge in [-0.05, 0) is 36.4 Å². The van der Waals surface area contributed by atoms with Crippen molar-refractivity contribution in [3.8, 4) is 5.88 Å². The van der Waals surface area contributed by atoms with E-state index in [1.165, 1.54) is 4.90 Å². The second-order valence-corrected chi connectivity index (χ2v) is 8.38. The van der Waals surface area contributed by atoms with Crippen molar-refractivity contribution in [3.05, 3.63) is 53.2 Å². The smallest absolute Gasteiger partial charge is 0.414 e. The van der Waals surface area contributed by atoms with E-state index in [-0.39, 0.29) is 18.6 Å². The molecular weight excluding hydrogens is 414 g/mol. The highest BCUT2D eigenvalue weighted by Crippen LogP contribution is 2.25. The summed E-state index contributed by atoms with van der Waals surface area (Å²) in [5.74, 6) is 2.20. The lowest BCUT2D eigenvalue weighted by molar-refractivity contribution is 0.0915. The number of carbonyl (C=O) groups is 2. The number of carbonyl (C=O) groups excluding carboxylic acids is 2. The molecule has 2 aliphatic heterocycles. The van der Waals surface area contributed by atoms with Crippen molar-refractivity contribution < 1.29 is 19.1 Å². The first-order valence-electron chi connectivity index (χ1n) is 9.31. The van der Waals surface area contributed by atoms with E-state index in [4.69, 9.17) is 21.1 Å². The third kappa shape index (κ3) is 4.94. The van der Waals surface area contributed by atoms with Crippen LogP contribution in [0.25, 0.3) is 0 Å². The Morgan fingerprint density at radius 1 is 1.38 bits per heavy atom. The molecule has 2 unspecified atom stereocenters. The Hall–Kier alpha value is -2.45. The summed E-state index contributed by atoms with van der Waals surface area (Å²) in [6, 6.07) is 10.3. The summed E-state index contributed by atoms with van der Waals surface area (Å²) in [6.07, 6.45) is 1.78. The Bertz CT molecular complexity index is 907. The summed E-state index contributed by atoms with van der Waals surface area (Å²) < 4.78 is 11.2. The van der Waals surface area contributed by atoms with Gasteiger partial charge in [0.05, 0.1) is 13.1 Å². The van der Waals surface area contributed by atoms with Gasteiger partial charge in [0.1, 0.15) is 12.2 Å². The molecule has 1 aromatic heterocycles. The number of nitrogens with one attached hydrogen (secondary N) is 1. The summed E-state index contributed by atoms with van der Waals surface area (Å²) in [4.78, 5) is 30.3. The number of hydrogen-bond donors (Lipinski definition) is 1. The summed E-state index contributed by atoms with van der Waals surface area (Å²) in [7, 11) is 0. The number of ether oxygens (including phenoxy) is 2. The molecule has 1 N–H and O–H groups in total. The maximum absolute atomic E-state index is 12.5. The molecule has 0 radical (unpaired) electrons. The van der Waals surface area contributed by atoms with E-state index in [9.17, 15) is 9.59 Å². The van der Waals surface area contributed by atoms with Crippen LogP contribution in [0.1, 0.15) is 16.8 Å². The lowest BCUT2D eigenvalue weighted by Crippen LogP contribution is -2.34. The fourth-order valence-corrected chi connectivity index (χ4v) is 4.46. The molecule has 2 atom stereocenters. The van der Waals surface area contributed by atoms with Gasteiger partial charge >= 0.3 is 6.09 Å². The van der Waals surface area contributed by atoms with E-state index in [2.05, 4.69) is 10.3 Å². The number of benzene rings is 1. The van der Waals surface area contributed by atoms with Crippen LogP contribution in [0.4, 0.5) is 10.5 Å². The molecule has 0 spiro atoms. The monoisotopic (exact) mass is 433 g/mol. The number of hydrogen-bond acceptors (Lipinski definition) is 6. The maximum atomic E-state index is 12.5. The van der Waals surface area contributed by atoms with Gasteiger partial charge in [-0.1, -0.05) is 17.7 Å². The summed E-state index contributed by atoms with van der Waals surface area (Å²) in [5, 5.41) is 3.35. The molecule has 0 saturated carbocycles. The number of nitrogens with zero attached hydrogens (tertiary/aromatic N) is 2. The van der Waals surface area contributed by atoms with Crippen molar-refractivity contribution in [1.82, 2.24) is 10.3 Å². The van der Waals surface area contributed by atoms with Gasteiger partial charge in [-0.25, -0.2) is 9.78 Å². The first-order valence-corrected chi connectivity index (χ1v) is 10.8. The van der Waals surface area contributed by atoms with Gasteiger partial charge in [0, 0.05) is 34.3 Å². The van der Waals surface area contributed by atoms with Crippen molar-refractivity contribution in [2.45, 2.75) is 18.6 Å². The topological polar surface area (TPSA) is 80.8 Å². The van der Waals surface area contributed by atoms with Gasteiger partial charge in [-0.3, -0.25) is 9.69 Å². The number of cyclic esters (lactones) is 1. The second kappa shape index (κ2) is 8.92. The average Bonchev–Trinajstić information content (AvgIpc) is 3.36. The van der Waals surface area contributed by atoms with Crippen LogP contribution in [0.3, 0.4) is 0 Å². The number of aromatic nitrogens is 1. The zero-order valence-electron chi connectivity index (χ0n) is 15.5. The first-order chi connectivity index (χ1) is 14.1. The van der Waals surface area contributed by atoms with Crippen molar-refractivity contribution in [1.29, 1.82) is 0 Å². The largest absolute Gasteiger partial charge is 0.473 e. The van der Waals surface area contributed by atoms with Gasteiger partial charge in [0.2, 0.25) is 5.88 Å². The van der Waals surface area contributed by atoms with Crippen molar-refractivity contribution in [2.24, 2.45) is 0 Å². The molecule has 7 nitrogen and oxygen atoms in total. The Labute approximate surface area is 177 Å². The van der Waals surface area contributed by atoms with E-state index >= 15 is 0 Å². The normalized spacial score (nSPS) is 21.1. The van der Waals surface area contributed by atoms with Crippen LogP contribution in [0.2, 0.25) is 5.02 Å². The molecule has 2 aliphatic rings. The van der Waals surface area contributed by atoms with Gasteiger partial charge in [0.15, 0.2) is 0 Å². The molecule has 152 valence electrons. The molecule has 29 heavy (non-hydrogen) atoms. The minimum absolute atomic E-state index is 0.140. The number of thioether (sulfide) groups is 1. The number of amides is 2. The number of halogens is 1. The molecular formula is C20H20ClN3O4S. The van der Waals surface area contributed by atoms with Crippen molar-refractivity contribution >= 4 is 41.1 Å². The van der Waals surface area contributed by atoms with Crippen LogP contribution in [0, 0.1) is 0 Å².